The maximum Gasteiger partial charge on any atom is 0.391 e. The molecule has 20 heavy (non-hydrogen) atoms. The van der Waals surface area contributed by atoms with Gasteiger partial charge < -0.3 is 5.32 Å². The first kappa shape index (κ1) is 15.4. The standard InChI is InChI=1S/C16H22F3N/c1-10-6-11(2)15(12(3)7-10)9-14-8-13(4-5-20-14)16(17,18)19/h6-7,13-14,20H,4-5,8-9H2,1-3H3. The number of nitrogens with one attached hydrogen (secondary N) is 1. The van der Waals surface area contributed by atoms with Gasteiger partial charge in [-0.25, -0.2) is 0 Å². The van der Waals surface area contributed by atoms with Crippen LogP contribution in [-0.4, -0.2) is 18.8 Å². The van der Waals surface area contributed by atoms with E-state index in [0.717, 1.165) is 0 Å². The fourth-order valence-corrected chi connectivity index (χ4v) is 3.24. The van der Waals surface area contributed by atoms with E-state index in [1.807, 2.05) is 20.8 Å². The molecule has 1 heterocycles. The SMILES string of the molecule is Cc1cc(C)c(CC2CC(C(F)(F)F)CCN2)c(C)c1. The van der Waals surface area contributed by atoms with E-state index in [1.165, 1.54) is 22.3 Å². The average molecular weight is 285 g/mol. The Morgan fingerprint density at radius 3 is 2.30 bits per heavy atom. The third-order valence-corrected chi connectivity index (χ3v) is 4.25. The van der Waals surface area contributed by atoms with Crippen molar-refractivity contribution in [2.45, 2.75) is 52.3 Å². The van der Waals surface area contributed by atoms with Crippen LogP contribution in [0.3, 0.4) is 0 Å². The third kappa shape index (κ3) is 3.54. The Kier molecular flexibility index (Phi) is 4.43. The highest BCUT2D eigenvalue weighted by Crippen LogP contribution is 2.35. The van der Waals surface area contributed by atoms with E-state index < -0.39 is 12.1 Å². The van der Waals surface area contributed by atoms with Crippen LogP contribution in [0, 0.1) is 26.7 Å². The van der Waals surface area contributed by atoms with Gasteiger partial charge in [0.15, 0.2) is 0 Å². The molecule has 1 fully saturated rings. The largest absolute Gasteiger partial charge is 0.391 e. The molecule has 1 aliphatic heterocycles. The van der Waals surface area contributed by atoms with E-state index >= 15 is 0 Å². The van der Waals surface area contributed by atoms with Crippen LogP contribution < -0.4 is 5.32 Å². The molecule has 1 aromatic rings. The molecule has 1 nitrogen and oxygen atoms in total. The van der Waals surface area contributed by atoms with Gasteiger partial charge in [0.25, 0.3) is 0 Å². The second-order valence-electron chi connectivity index (χ2n) is 6.00. The van der Waals surface area contributed by atoms with E-state index in [2.05, 4.69) is 17.4 Å². The minimum atomic E-state index is -4.06. The normalized spacial score (nSPS) is 23.9. The zero-order valence-corrected chi connectivity index (χ0v) is 12.3. The van der Waals surface area contributed by atoms with Crippen molar-refractivity contribution in [2.24, 2.45) is 5.92 Å². The molecular weight excluding hydrogens is 263 g/mol. The number of alkyl halides is 3. The topological polar surface area (TPSA) is 12.0 Å². The number of benzene rings is 1. The molecule has 0 aromatic heterocycles. The van der Waals surface area contributed by atoms with Gasteiger partial charge in [0.1, 0.15) is 0 Å². The van der Waals surface area contributed by atoms with Crippen molar-refractivity contribution in [1.29, 1.82) is 0 Å². The van der Waals surface area contributed by atoms with E-state index in [9.17, 15) is 13.2 Å². The molecule has 4 heteroatoms. The summed E-state index contributed by atoms with van der Waals surface area (Å²) in [5.74, 6) is -1.15. The number of hydrogen-bond acceptors (Lipinski definition) is 1. The average Bonchev–Trinajstić information content (AvgIpc) is 2.33. The Labute approximate surface area is 118 Å². The summed E-state index contributed by atoms with van der Waals surface area (Å²) < 4.78 is 38.5. The van der Waals surface area contributed by atoms with Crippen LogP contribution in [0.25, 0.3) is 0 Å². The van der Waals surface area contributed by atoms with Crippen LogP contribution in [0.5, 0.6) is 0 Å². The van der Waals surface area contributed by atoms with Crippen LogP contribution in [0.15, 0.2) is 12.1 Å². The molecule has 0 spiro atoms. The van der Waals surface area contributed by atoms with Gasteiger partial charge in [-0.3, -0.25) is 0 Å². The van der Waals surface area contributed by atoms with Gasteiger partial charge in [-0.2, -0.15) is 13.2 Å². The zero-order valence-electron chi connectivity index (χ0n) is 12.3. The summed E-state index contributed by atoms with van der Waals surface area (Å²) in [6.45, 7) is 6.58. The van der Waals surface area contributed by atoms with Gasteiger partial charge in [0, 0.05) is 6.04 Å². The first-order chi connectivity index (χ1) is 9.27. The lowest BCUT2D eigenvalue weighted by molar-refractivity contribution is -0.183. The second-order valence-corrected chi connectivity index (χ2v) is 6.00. The second kappa shape index (κ2) is 5.76. The van der Waals surface area contributed by atoms with Crippen molar-refractivity contribution in [1.82, 2.24) is 5.32 Å². The number of piperidine rings is 1. The minimum Gasteiger partial charge on any atom is -0.314 e. The molecule has 1 aromatic carbocycles. The Morgan fingerprint density at radius 2 is 1.75 bits per heavy atom. The van der Waals surface area contributed by atoms with Crippen LogP contribution in [-0.2, 0) is 6.42 Å². The predicted octanol–water partition coefficient (Wildman–Crippen LogP) is 4.08. The quantitative estimate of drug-likeness (QED) is 0.863. The first-order valence-electron chi connectivity index (χ1n) is 7.14. The van der Waals surface area contributed by atoms with Gasteiger partial charge in [-0.05, 0) is 63.3 Å². The molecule has 0 amide bonds. The molecule has 0 aliphatic carbocycles. The maximum atomic E-state index is 12.8. The minimum absolute atomic E-state index is 0.0736. The van der Waals surface area contributed by atoms with Gasteiger partial charge in [0.2, 0.25) is 0 Å². The van der Waals surface area contributed by atoms with E-state index in [4.69, 9.17) is 0 Å². The first-order valence-corrected chi connectivity index (χ1v) is 7.14. The molecule has 2 unspecified atom stereocenters. The van der Waals surface area contributed by atoms with Crippen LogP contribution in [0.1, 0.15) is 35.1 Å². The van der Waals surface area contributed by atoms with Crippen molar-refractivity contribution in [3.63, 3.8) is 0 Å². The number of rotatable bonds is 2. The van der Waals surface area contributed by atoms with Crippen LogP contribution in [0.4, 0.5) is 13.2 Å². The molecule has 2 atom stereocenters. The van der Waals surface area contributed by atoms with Gasteiger partial charge >= 0.3 is 6.18 Å². The van der Waals surface area contributed by atoms with Crippen molar-refractivity contribution in [3.05, 3.63) is 34.4 Å². The highest BCUT2D eigenvalue weighted by molar-refractivity contribution is 5.38. The highest BCUT2D eigenvalue weighted by atomic mass is 19.4. The molecular formula is C16H22F3N. The maximum absolute atomic E-state index is 12.8. The predicted molar refractivity (Wildman–Crippen MR) is 74.9 cm³/mol. The Balaban J connectivity index is 2.11. The van der Waals surface area contributed by atoms with Crippen LogP contribution >= 0.6 is 0 Å². The summed E-state index contributed by atoms with van der Waals surface area (Å²) in [7, 11) is 0. The van der Waals surface area contributed by atoms with Crippen molar-refractivity contribution in [3.8, 4) is 0 Å². The summed E-state index contributed by atoms with van der Waals surface area (Å²) in [5, 5.41) is 3.24. The molecule has 0 radical (unpaired) electrons. The molecule has 0 saturated carbocycles. The molecule has 112 valence electrons. The molecule has 1 aliphatic rings. The summed E-state index contributed by atoms with van der Waals surface area (Å²) in [6, 6.07) is 4.13. The summed E-state index contributed by atoms with van der Waals surface area (Å²) >= 11 is 0. The summed E-state index contributed by atoms with van der Waals surface area (Å²) in [5.41, 5.74) is 4.75. The summed E-state index contributed by atoms with van der Waals surface area (Å²) in [6.07, 6.45) is -2.98. The Morgan fingerprint density at radius 1 is 1.15 bits per heavy atom. The zero-order chi connectivity index (χ0) is 14.9. The molecule has 0 bridgehead atoms. The monoisotopic (exact) mass is 285 g/mol. The lowest BCUT2D eigenvalue weighted by atomic mass is 9.86. The van der Waals surface area contributed by atoms with Gasteiger partial charge in [-0.15, -0.1) is 0 Å². The van der Waals surface area contributed by atoms with Crippen molar-refractivity contribution < 1.29 is 13.2 Å². The van der Waals surface area contributed by atoms with Crippen LogP contribution in [0.2, 0.25) is 0 Å². The highest BCUT2D eigenvalue weighted by Gasteiger charge is 2.42. The molecule has 1 N–H and O–H groups in total. The number of halogens is 3. The van der Waals surface area contributed by atoms with Crippen molar-refractivity contribution in [2.75, 3.05) is 6.54 Å². The van der Waals surface area contributed by atoms with Crippen molar-refractivity contribution >= 4 is 0 Å². The lowest BCUT2D eigenvalue weighted by Crippen LogP contribution is -2.44. The Hall–Kier alpha value is -1.03. The number of hydrogen-bond donors (Lipinski definition) is 1. The smallest absolute Gasteiger partial charge is 0.314 e. The van der Waals surface area contributed by atoms with E-state index in [1.54, 1.807) is 0 Å². The third-order valence-electron chi connectivity index (χ3n) is 4.25. The van der Waals surface area contributed by atoms with Gasteiger partial charge in [-0.1, -0.05) is 17.7 Å². The lowest BCUT2D eigenvalue weighted by Gasteiger charge is -2.32. The molecule has 1 saturated heterocycles. The van der Waals surface area contributed by atoms with Gasteiger partial charge in [0.05, 0.1) is 5.92 Å². The fourth-order valence-electron chi connectivity index (χ4n) is 3.24. The summed E-state index contributed by atoms with van der Waals surface area (Å²) in [4.78, 5) is 0. The van der Waals surface area contributed by atoms with E-state index in [0.29, 0.717) is 13.0 Å². The Bertz CT molecular complexity index is 456. The fraction of sp³-hybridized carbons (Fsp3) is 0.625. The van der Waals surface area contributed by atoms with E-state index in [-0.39, 0.29) is 18.9 Å². The number of aryl methyl sites for hydroxylation is 3. The molecule has 2 rings (SSSR count).